The number of ether oxygens (including phenoxy) is 14. The summed E-state index contributed by atoms with van der Waals surface area (Å²) in [6, 6.07) is 0. The number of hydrogen-bond acceptors (Lipinski definition) is 22. The zero-order valence-corrected chi connectivity index (χ0v) is 68.1. The molecule has 11 aliphatic rings. The Balaban J connectivity index is 0.000000356. The van der Waals surface area contributed by atoms with Crippen molar-refractivity contribution in [2.24, 2.45) is 5.92 Å². The van der Waals surface area contributed by atoms with Crippen LogP contribution < -0.4 is 0 Å². The molecular weight excluding hydrogens is 1360 g/mol. The van der Waals surface area contributed by atoms with Crippen LogP contribution in [0.5, 0.6) is 0 Å². The van der Waals surface area contributed by atoms with Gasteiger partial charge < -0.3 is 66.3 Å². The van der Waals surface area contributed by atoms with Crippen LogP contribution >= 0.6 is 47.0 Å². The molecule has 0 bridgehead atoms. The second kappa shape index (κ2) is 53.2. The molecule has 11 rings (SSSR count). The Kier molecular flexibility index (Phi) is 51.8. The van der Waals surface area contributed by atoms with Crippen LogP contribution in [0.25, 0.3) is 0 Å². The third kappa shape index (κ3) is 41.1. The lowest BCUT2D eigenvalue weighted by atomic mass is 10.0. The fourth-order valence-corrected chi connectivity index (χ4v) is 21.5. The molecule has 0 radical (unpaired) electrons. The largest absolute Gasteiger partial charge is 0.381 e. The SMILES string of the molecule is COC1CCCS(=O)C1.COC1CCCSC1.COC1CCS(=O)C(C)(C)C1.COC1CCS(=O)C(C)C1.COC1CCS(=O)CC1.COC1CCSC(C)(C)C1.COC1CCSC(C)C1.COC1CCSCC1.COC1COC(C)(C)OC1.COC1COC2OCCC12. The predicted octanol–water partition coefficient (Wildman–Crippen LogP) is 11.8. The van der Waals surface area contributed by atoms with Gasteiger partial charge in [-0.15, -0.1) is 0 Å². The van der Waals surface area contributed by atoms with Crippen LogP contribution in [-0.2, 0) is 110 Å². The second-order valence-electron chi connectivity index (χ2n) is 26.9. The van der Waals surface area contributed by atoms with Gasteiger partial charge in [0, 0.05) is 180 Å². The molecule has 11 aliphatic heterocycles. The van der Waals surface area contributed by atoms with E-state index in [1.807, 2.05) is 72.4 Å². The minimum Gasteiger partial charge on any atom is -0.381 e. The highest BCUT2D eigenvalue weighted by molar-refractivity contribution is 8.00. The van der Waals surface area contributed by atoms with Crippen molar-refractivity contribution in [3.05, 3.63) is 0 Å². The summed E-state index contributed by atoms with van der Waals surface area (Å²) in [5.74, 6) is 12.6. The van der Waals surface area contributed by atoms with Gasteiger partial charge in [-0.1, -0.05) is 27.7 Å². The quantitative estimate of drug-likeness (QED) is 0.200. The molecule has 0 aromatic carbocycles. The second-order valence-corrected chi connectivity index (χ2v) is 40.1. The van der Waals surface area contributed by atoms with Gasteiger partial charge in [0.25, 0.3) is 0 Å². The Bertz CT molecular complexity index is 1940. The zero-order chi connectivity index (χ0) is 70.0. The first-order valence-corrected chi connectivity index (χ1v) is 44.5. The van der Waals surface area contributed by atoms with Gasteiger partial charge in [-0.25, -0.2) is 0 Å². The van der Waals surface area contributed by atoms with Crippen LogP contribution in [-0.4, -0.2) is 277 Å². The highest BCUT2D eigenvalue weighted by atomic mass is 32.2. The Morgan fingerprint density at radius 2 is 0.968 bits per heavy atom. The maximum Gasteiger partial charge on any atom is 0.163 e. The van der Waals surface area contributed by atoms with E-state index in [0.717, 1.165) is 104 Å². The van der Waals surface area contributed by atoms with E-state index < -0.39 is 49.0 Å². The molecule has 0 aliphatic carbocycles. The molecule has 0 saturated carbocycles. The van der Waals surface area contributed by atoms with Crippen LogP contribution in [0.2, 0.25) is 0 Å². The molecule has 0 aromatic heterocycles. The number of methoxy groups -OCH3 is 10. The van der Waals surface area contributed by atoms with E-state index in [1.54, 1.807) is 56.9 Å². The average molecular weight is 1500 g/mol. The van der Waals surface area contributed by atoms with E-state index >= 15 is 0 Å². The molecule has 0 amide bonds. The van der Waals surface area contributed by atoms with E-state index in [0.29, 0.717) is 78.5 Å². The highest BCUT2D eigenvalue weighted by Crippen LogP contribution is 2.37. The Labute approximate surface area is 599 Å². The molecular formula is C68H134O18S8. The van der Waals surface area contributed by atoms with E-state index in [1.165, 1.54) is 85.9 Å². The summed E-state index contributed by atoms with van der Waals surface area (Å²) in [6.45, 7) is 19.6. The molecule has 18 nitrogen and oxygen atoms in total. The van der Waals surface area contributed by atoms with Crippen LogP contribution in [0.3, 0.4) is 0 Å². The number of rotatable bonds is 10. The lowest BCUT2D eigenvalue weighted by Gasteiger charge is -2.34. The molecule has 11 fully saturated rings. The van der Waals surface area contributed by atoms with Gasteiger partial charge in [0.2, 0.25) is 0 Å². The zero-order valence-electron chi connectivity index (χ0n) is 61.5. The standard InChI is InChI=1S/C8H16O2S.C8H16OS.C7H12O3.C7H14O3.C7H14O2S.C7H14OS.2C6H12O2S.2C6H12OS/c1-8(2)6-7(10-3)4-5-11(8)9;1-8(2)6-7(9-3)4-5-10-8;1-8-6-4-10-7-5(6)2-3-9-7;1-7(2)9-4-6(8-3)5-10-7;1-6-5-7(9-2)3-4-10(6)8;1-6-5-7(8-2)3-4-9-6;1-8-6-2-4-9(7)5-3-6;1-8-6-3-2-4-9(7)5-6;1-7-6-2-4-8-5-3-6;1-7-6-3-2-4-8-5-6/h7H,4-6H2,1-3H3;7H,4-6H2,1-3H3;5-7H,2-4H2,1H3;6H,4-5H2,1-3H3;6-7H,3-5H2,1-2H3;6-7H,3-5H2,1-2H3;2*6H,2-5H2,1H3;2*6H,2-5H2,1H3. The van der Waals surface area contributed by atoms with Crippen molar-refractivity contribution in [2.75, 3.05) is 167 Å². The van der Waals surface area contributed by atoms with Crippen molar-refractivity contribution in [3.63, 3.8) is 0 Å². The highest BCUT2D eigenvalue weighted by Gasteiger charge is 2.42. The van der Waals surface area contributed by atoms with Crippen molar-refractivity contribution in [3.8, 4) is 0 Å². The van der Waals surface area contributed by atoms with E-state index in [2.05, 4.69) is 44.3 Å². The van der Waals surface area contributed by atoms with Gasteiger partial charge in [-0.3, -0.25) is 16.8 Å². The van der Waals surface area contributed by atoms with Gasteiger partial charge in [-0.2, -0.15) is 47.0 Å². The lowest BCUT2D eigenvalue weighted by Crippen LogP contribution is -2.42. The summed E-state index contributed by atoms with van der Waals surface area (Å²) in [4.78, 5) is 0. The van der Waals surface area contributed by atoms with Crippen molar-refractivity contribution in [2.45, 2.75) is 258 Å². The molecule has 26 heteroatoms. The maximum atomic E-state index is 11.4. The molecule has 14 unspecified atom stereocenters. The molecule has 94 heavy (non-hydrogen) atoms. The van der Waals surface area contributed by atoms with Crippen molar-refractivity contribution >= 4 is 90.2 Å². The molecule has 562 valence electrons. The number of thioether (sulfide) groups is 4. The first kappa shape index (κ1) is 91.5. The summed E-state index contributed by atoms with van der Waals surface area (Å²) < 4.78 is 118. The molecule has 11 heterocycles. The summed E-state index contributed by atoms with van der Waals surface area (Å²) in [6.07, 6.45) is 22.9. The third-order valence-electron chi connectivity index (χ3n) is 18.1. The van der Waals surface area contributed by atoms with Gasteiger partial charge in [-0.05, 0) is 166 Å². The van der Waals surface area contributed by atoms with Gasteiger partial charge in [0.1, 0.15) is 6.10 Å². The molecule has 0 N–H and O–H groups in total. The first-order chi connectivity index (χ1) is 44.8. The third-order valence-corrected chi connectivity index (χ3v) is 29.6. The van der Waals surface area contributed by atoms with Gasteiger partial charge in [0.05, 0.1) is 81.4 Å². The monoisotopic (exact) mass is 1490 g/mol. The van der Waals surface area contributed by atoms with Crippen molar-refractivity contribution < 1.29 is 83.2 Å². The molecule has 0 spiro atoms. The molecule has 14 atom stereocenters. The number of hydrogen-bond donors (Lipinski definition) is 0. The predicted molar refractivity (Wildman–Crippen MR) is 400 cm³/mol. The van der Waals surface area contributed by atoms with Crippen molar-refractivity contribution in [1.82, 2.24) is 0 Å². The van der Waals surface area contributed by atoms with E-state index in [-0.39, 0.29) is 29.3 Å². The number of fused-ring (bicyclic) bond motifs is 1. The lowest BCUT2D eigenvalue weighted by molar-refractivity contribution is -0.276. The van der Waals surface area contributed by atoms with Crippen LogP contribution in [0, 0.1) is 5.92 Å². The maximum absolute atomic E-state index is 11.4. The van der Waals surface area contributed by atoms with E-state index in [9.17, 15) is 16.8 Å². The normalized spacial score (nSPS) is 35.0. The summed E-state index contributed by atoms with van der Waals surface area (Å²) in [5.41, 5.74) is 0. The van der Waals surface area contributed by atoms with Gasteiger partial charge >= 0.3 is 0 Å². The Morgan fingerprint density at radius 1 is 0.436 bits per heavy atom. The smallest absolute Gasteiger partial charge is 0.163 e. The van der Waals surface area contributed by atoms with Crippen LogP contribution in [0.1, 0.15) is 165 Å². The minimum absolute atomic E-state index is 0.0324. The fourth-order valence-electron chi connectivity index (χ4n) is 11.6. The van der Waals surface area contributed by atoms with Crippen LogP contribution in [0.4, 0.5) is 0 Å². The Hall–Kier alpha value is 1.44. The topological polar surface area (TPSA) is 197 Å². The summed E-state index contributed by atoms with van der Waals surface area (Å²) in [5, 5.41) is 1.14. The average Bonchev–Trinajstić information content (AvgIpc) is 1.74. The first-order valence-electron chi connectivity index (χ1n) is 34.5. The van der Waals surface area contributed by atoms with Gasteiger partial charge in [0.15, 0.2) is 12.1 Å². The Morgan fingerprint density at radius 3 is 1.44 bits per heavy atom. The van der Waals surface area contributed by atoms with Crippen LogP contribution in [0.15, 0.2) is 0 Å². The summed E-state index contributed by atoms with van der Waals surface area (Å²) in [7, 11) is 15.1. The fraction of sp³-hybridized carbons (Fsp3) is 1.00. The summed E-state index contributed by atoms with van der Waals surface area (Å²) >= 11 is 8.15. The van der Waals surface area contributed by atoms with Crippen molar-refractivity contribution in [1.29, 1.82) is 0 Å². The molecule has 11 saturated heterocycles. The van der Waals surface area contributed by atoms with E-state index in [4.69, 9.17) is 66.3 Å². The minimum atomic E-state index is -0.653. The molecule has 0 aromatic rings.